The highest BCUT2D eigenvalue weighted by Crippen LogP contribution is 2.46. The fourth-order valence-corrected chi connectivity index (χ4v) is 5.03. The van der Waals surface area contributed by atoms with E-state index in [1.807, 2.05) is 17.9 Å². The molecule has 2 aliphatic heterocycles. The molecule has 1 amide bonds. The van der Waals surface area contributed by atoms with E-state index in [4.69, 9.17) is 22.1 Å². The van der Waals surface area contributed by atoms with Crippen molar-refractivity contribution in [3.8, 4) is 0 Å². The van der Waals surface area contributed by atoms with Crippen LogP contribution in [-0.2, 0) is 14.3 Å². The van der Waals surface area contributed by atoms with E-state index in [0.717, 1.165) is 32.3 Å². The number of carboxylic acid groups (broad SMARTS) is 1. The Morgan fingerprint density at radius 3 is 2.64 bits per heavy atom. The molecule has 0 bridgehead atoms. The molecule has 10 heteroatoms. The van der Waals surface area contributed by atoms with Gasteiger partial charge in [-0.05, 0) is 37.3 Å². The second kappa shape index (κ2) is 8.38. The molecule has 2 heterocycles. The number of carbonyl (C=O) groups is 3. The first kappa shape index (κ1) is 20.4. The molecule has 0 radical (unpaired) electrons. The number of rotatable bonds is 5. The minimum Gasteiger partial charge on any atom is -0.480 e. The molecule has 7 nitrogen and oxygen atoms in total. The third kappa shape index (κ3) is 3.94. The number of carboxylic acids is 1. The van der Waals surface area contributed by atoms with Crippen molar-refractivity contribution in [2.24, 2.45) is 0 Å². The molecule has 0 aliphatic carbocycles. The molecule has 146 valence electrons. The first-order chi connectivity index (χ1) is 13.3. The van der Waals surface area contributed by atoms with Crippen LogP contribution < -0.4 is 4.90 Å². The van der Waals surface area contributed by atoms with Gasteiger partial charge in [0.1, 0.15) is 10.9 Å². The number of aliphatic carboxylic acids is 1. The lowest BCUT2D eigenvalue weighted by molar-refractivity contribution is -0.140. The van der Waals surface area contributed by atoms with Crippen molar-refractivity contribution < 1.29 is 24.2 Å². The summed E-state index contributed by atoms with van der Waals surface area (Å²) in [5.74, 6) is -1.93. The smallest absolute Gasteiger partial charge is 0.337 e. The number of esters is 1. The molecule has 1 aromatic rings. The van der Waals surface area contributed by atoms with Crippen LogP contribution in [0.5, 0.6) is 0 Å². The summed E-state index contributed by atoms with van der Waals surface area (Å²) in [6.07, 6.45) is 3.46. The van der Waals surface area contributed by atoms with Gasteiger partial charge in [0.2, 0.25) is 0 Å². The molecule has 1 saturated heterocycles. The third-order valence-corrected chi connectivity index (χ3v) is 6.54. The van der Waals surface area contributed by atoms with Crippen molar-refractivity contribution in [2.75, 3.05) is 25.1 Å². The van der Waals surface area contributed by atoms with E-state index in [-0.39, 0.29) is 4.32 Å². The van der Waals surface area contributed by atoms with Crippen molar-refractivity contribution in [2.45, 2.75) is 11.8 Å². The van der Waals surface area contributed by atoms with E-state index in [1.54, 1.807) is 24.3 Å². The van der Waals surface area contributed by atoms with Crippen LogP contribution in [0.15, 0.2) is 45.2 Å². The third-order valence-electron chi connectivity index (χ3n) is 4.01. The van der Waals surface area contributed by atoms with Gasteiger partial charge in [0, 0.05) is 11.4 Å². The number of methoxy groups -OCH3 is 1. The molecule has 1 fully saturated rings. The number of ether oxygens (including phenoxy) is 1. The lowest BCUT2D eigenvalue weighted by Crippen LogP contribution is -2.33. The van der Waals surface area contributed by atoms with E-state index >= 15 is 0 Å². The van der Waals surface area contributed by atoms with E-state index < -0.39 is 24.4 Å². The molecule has 1 N–H and O–H groups in total. The highest BCUT2D eigenvalue weighted by Gasteiger charge is 2.33. The zero-order valence-electron chi connectivity index (χ0n) is 15.0. The highest BCUT2D eigenvalue weighted by atomic mass is 32.2. The summed E-state index contributed by atoms with van der Waals surface area (Å²) >= 11 is 7.70. The minimum atomic E-state index is -1.11. The van der Waals surface area contributed by atoms with Gasteiger partial charge in [-0.15, -0.1) is 0 Å². The van der Waals surface area contributed by atoms with Gasteiger partial charge in [0.15, 0.2) is 0 Å². The largest absolute Gasteiger partial charge is 0.480 e. The summed E-state index contributed by atoms with van der Waals surface area (Å²) in [7, 11) is 1.34. The number of amides is 1. The monoisotopic (exact) mass is 436 g/mol. The quantitative estimate of drug-likeness (QED) is 0.425. The fourth-order valence-electron chi connectivity index (χ4n) is 2.73. The molecule has 28 heavy (non-hydrogen) atoms. The van der Waals surface area contributed by atoms with Crippen molar-refractivity contribution in [1.82, 2.24) is 4.90 Å². The highest BCUT2D eigenvalue weighted by molar-refractivity contribution is 8.26. The van der Waals surface area contributed by atoms with Crippen molar-refractivity contribution in [3.63, 3.8) is 0 Å². The number of thiocarbonyl (C=S) groups is 1. The first-order valence-corrected chi connectivity index (χ1v) is 10.2. The molecule has 0 saturated carbocycles. The Bertz CT molecular complexity index is 941. The molecule has 0 aromatic heterocycles. The number of fused-ring (bicyclic) bond motifs is 1. The van der Waals surface area contributed by atoms with Gasteiger partial charge < -0.3 is 14.7 Å². The van der Waals surface area contributed by atoms with Crippen LogP contribution >= 0.6 is 35.7 Å². The Kier molecular flexibility index (Phi) is 6.11. The number of allylic oxidation sites excluding steroid dienone is 2. The summed E-state index contributed by atoms with van der Waals surface area (Å²) in [5, 5.41) is 9.80. The van der Waals surface area contributed by atoms with Crippen LogP contribution in [0.3, 0.4) is 0 Å². The summed E-state index contributed by atoms with van der Waals surface area (Å²) in [5.41, 5.74) is 1.37. The maximum absolute atomic E-state index is 12.4. The van der Waals surface area contributed by atoms with E-state index in [9.17, 15) is 14.4 Å². The molecule has 0 unspecified atom stereocenters. The summed E-state index contributed by atoms with van der Waals surface area (Å²) < 4.78 is 5.01. The van der Waals surface area contributed by atoms with Gasteiger partial charge in [-0.2, -0.15) is 0 Å². The number of benzene rings is 1. The van der Waals surface area contributed by atoms with Crippen LogP contribution in [0, 0.1) is 0 Å². The van der Waals surface area contributed by atoms with Gasteiger partial charge in [-0.25, -0.2) is 4.79 Å². The Morgan fingerprint density at radius 1 is 1.25 bits per heavy atom. The molecule has 1 aromatic carbocycles. The average Bonchev–Trinajstić information content (AvgIpc) is 3.16. The van der Waals surface area contributed by atoms with Crippen molar-refractivity contribution in [3.05, 3.63) is 45.8 Å². The molecule has 2 aliphatic rings. The maximum Gasteiger partial charge on any atom is 0.337 e. The van der Waals surface area contributed by atoms with Gasteiger partial charge in [-0.3, -0.25) is 14.5 Å². The number of nitrogens with zero attached hydrogens (tertiary/aromatic N) is 2. The Hall–Kier alpha value is -2.30. The van der Waals surface area contributed by atoms with Gasteiger partial charge >= 0.3 is 11.9 Å². The first-order valence-electron chi connectivity index (χ1n) is 8.21. The lowest BCUT2D eigenvalue weighted by atomic mass is 10.2. The number of carbonyl (C=O) groups excluding carboxylic acids is 2. The summed E-state index contributed by atoms with van der Waals surface area (Å²) in [6.45, 7) is 2.21. The van der Waals surface area contributed by atoms with Crippen molar-refractivity contribution in [1.29, 1.82) is 0 Å². The van der Waals surface area contributed by atoms with Gasteiger partial charge in [0.25, 0.3) is 5.91 Å². The normalized spacial score (nSPS) is 18.9. The van der Waals surface area contributed by atoms with Crippen LogP contribution in [0.25, 0.3) is 0 Å². The number of hydrogen-bond donors (Lipinski definition) is 1. The SMILES string of the molecule is CCN1/C(=C/C=C2/SC(=S)N(CC(=O)O)C2=O)Sc2ccc(C(=O)OC)cc21. The van der Waals surface area contributed by atoms with Crippen molar-refractivity contribution >= 4 is 63.6 Å². The number of anilines is 1. The standard InChI is InChI=1S/C18H16N2O5S3/c1-3-19-11-8-10(17(24)25-2)4-5-12(11)27-14(19)7-6-13-16(23)20(9-15(21)22)18(26)28-13/h4-8H,3,9H2,1-2H3,(H,21,22)/b13-6+,14-7-. The Morgan fingerprint density at radius 2 is 2.00 bits per heavy atom. The molecule has 0 spiro atoms. The second-order valence-corrected chi connectivity index (χ2v) is 8.45. The maximum atomic E-state index is 12.4. The van der Waals surface area contributed by atoms with Gasteiger partial charge in [0.05, 0.1) is 28.3 Å². The molecule has 0 atom stereocenters. The van der Waals surface area contributed by atoms with E-state index in [0.29, 0.717) is 17.0 Å². The van der Waals surface area contributed by atoms with E-state index in [2.05, 4.69) is 0 Å². The van der Waals surface area contributed by atoms with Crippen LogP contribution in [0.4, 0.5) is 5.69 Å². The molecular weight excluding hydrogens is 420 g/mol. The van der Waals surface area contributed by atoms with Crippen LogP contribution in [0.1, 0.15) is 17.3 Å². The minimum absolute atomic E-state index is 0.231. The summed E-state index contributed by atoms with van der Waals surface area (Å²) in [6, 6.07) is 5.36. The number of thioether (sulfide) groups is 2. The van der Waals surface area contributed by atoms with E-state index in [1.165, 1.54) is 18.9 Å². The predicted molar refractivity (Wildman–Crippen MR) is 112 cm³/mol. The Labute approximate surface area is 175 Å². The lowest BCUT2D eigenvalue weighted by Gasteiger charge is -2.18. The molecule has 3 rings (SSSR count). The zero-order chi connectivity index (χ0) is 20.4. The topological polar surface area (TPSA) is 87.2 Å². The second-order valence-electron chi connectivity index (χ2n) is 5.71. The predicted octanol–water partition coefficient (Wildman–Crippen LogP) is 3.08. The molecular formula is C18H16N2O5S3. The van der Waals surface area contributed by atoms with Crippen LogP contribution in [-0.4, -0.2) is 52.4 Å². The van der Waals surface area contributed by atoms with Crippen LogP contribution in [0.2, 0.25) is 0 Å². The fraction of sp³-hybridized carbons (Fsp3) is 0.222. The average molecular weight is 437 g/mol. The zero-order valence-corrected chi connectivity index (χ0v) is 17.4. The summed E-state index contributed by atoms with van der Waals surface area (Å²) in [4.78, 5) is 39.5. The number of hydrogen-bond acceptors (Lipinski definition) is 8. The Balaban J connectivity index is 1.86. The van der Waals surface area contributed by atoms with Gasteiger partial charge in [-0.1, -0.05) is 35.7 Å².